The molecule has 36 heavy (non-hydrogen) atoms. The number of pyridine rings is 1. The van der Waals surface area contributed by atoms with Gasteiger partial charge in [0.05, 0.1) is 11.5 Å². The molecule has 3 rings (SSSR count). The average Bonchev–Trinajstić information content (AvgIpc) is 2.84. The van der Waals surface area contributed by atoms with Crippen molar-refractivity contribution >= 4 is 23.5 Å². The second-order valence-electron chi connectivity index (χ2n) is 8.09. The number of rotatable bonds is 3. The molecule has 2 amide bonds. The number of anilines is 1. The van der Waals surface area contributed by atoms with Crippen LogP contribution in [0.5, 0.6) is 0 Å². The smallest absolute Gasteiger partial charge is 0.277 e. The number of carbonyl (C=O) groups is 2. The van der Waals surface area contributed by atoms with E-state index in [4.69, 9.17) is 10.8 Å². The van der Waals surface area contributed by atoms with Gasteiger partial charge in [0.1, 0.15) is 5.82 Å². The Morgan fingerprint density at radius 3 is 2.22 bits per heavy atom. The highest BCUT2D eigenvalue weighted by molar-refractivity contribution is 6.03. The van der Waals surface area contributed by atoms with Gasteiger partial charge in [-0.15, -0.1) is 0 Å². The lowest BCUT2D eigenvalue weighted by Crippen LogP contribution is -2.51. The molecule has 1 aromatic carbocycles. The molecule has 1 atom stereocenters. The molecule has 0 saturated carbocycles. The maximum absolute atomic E-state index is 14.6. The van der Waals surface area contributed by atoms with Crippen LogP contribution in [-0.4, -0.2) is 45.9 Å². The first-order valence-electron chi connectivity index (χ1n) is 11.9. The maximum atomic E-state index is 14.6. The summed E-state index contributed by atoms with van der Waals surface area (Å²) in [6.45, 7) is 14.7. The number of amides is 2. The molecule has 1 unspecified atom stereocenters. The number of hydrogen-bond donors (Lipinski definition) is 3. The van der Waals surface area contributed by atoms with Gasteiger partial charge in [0.2, 0.25) is 5.91 Å². The molecular weight excluding hydrogens is 468 g/mol. The van der Waals surface area contributed by atoms with Crippen LogP contribution in [0.15, 0.2) is 41.5 Å². The maximum Gasteiger partial charge on any atom is 0.277 e. The monoisotopic (exact) mass is 507 g/mol. The molecule has 0 saturated heterocycles. The Bertz CT molecular complexity index is 1040. The van der Waals surface area contributed by atoms with E-state index < -0.39 is 29.0 Å². The molecule has 0 bridgehead atoms. The standard InChI is InChI=1S/C19H19F2N5O2.C3H8O.2C2H6/c1-19(2)15(25-18(22)26(3)17(19)28)11-9-10(6-7-12(11)20)24-16(27)14-13(21)5-4-8-23-14;1-3(2)4;2*1-2/h4-9,15H,1-3H3,(H2,22,25)(H,24,27);3-4H,1-2H3;2*1-2H3. The molecular formula is C26H39F2N5O3. The van der Waals surface area contributed by atoms with E-state index in [9.17, 15) is 18.4 Å². The number of carbonyl (C=O) groups excluding carboxylic acids is 2. The quantitative estimate of drug-likeness (QED) is 0.545. The SMILES string of the molecule is CC.CC.CC(C)O.CN1C(=O)C(C)(C)C(c2cc(NC(=O)c3ncccc3F)ccc2F)N=C1N. The van der Waals surface area contributed by atoms with Crippen LogP contribution in [0.4, 0.5) is 14.5 Å². The van der Waals surface area contributed by atoms with Crippen molar-refractivity contribution in [3.05, 3.63) is 59.4 Å². The number of halogens is 2. The van der Waals surface area contributed by atoms with Crippen LogP contribution in [0.25, 0.3) is 0 Å². The number of aliphatic imine (C=N–C) groups is 1. The van der Waals surface area contributed by atoms with E-state index in [-0.39, 0.29) is 34.9 Å². The van der Waals surface area contributed by atoms with E-state index in [1.165, 1.54) is 36.3 Å². The fourth-order valence-electron chi connectivity index (χ4n) is 3.07. The lowest BCUT2D eigenvalue weighted by atomic mass is 9.78. The van der Waals surface area contributed by atoms with Gasteiger partial charge in [0.25, 0.3) is 5.91 Å². The zero-order valence-electron chi connectivity index (χ0n) is 22.6. The van der Waals surface area contributed by atoms with Gasteiger partial charge < -0.3 is 16.2 Å². The zero-order chi connectivity index (χ0) is 28.2. The number of benzene rings is 1. The summed E-state index contributed by atoms with van der Waals surface area (Å²) in [6.07, 6.45) is 1.12. The summed E-state index contributed by atoms with van der Waals surface area (Å²) < 4.78 is 28.3. The number of nitrogens with one attached hydrogen (secondary N) is 1. The number of guanidine groups is 1. The summed E-state index contributed by atoms with van der Waals surface area (Å²) in [7, 11) is 1.49. The van der Waals surface area contributed by atoms with Gasteiger partial charge in [-0.05, 0) is 58.0 Å². The van der Waals surface area contributed by atoms with Crippen LogP contribution in [0.2, 0.25) is 0 Å². The molecule has 1 aliphatic heterocycles. The Morgan fingerprint density at radius 1 is 1.14 bits per heavy atom. The van der Waals surface area contributed by atoms with Gasteiger partial charge in [-0.25, -0.2) is 18.8 Å². The minimum absolute atomic E-state index is 0.0290. The van der Waals surface area contributed by atoms with Crippen LogP contribution in [0, 0.1) is 17.0 Å². The van der Waals surface area contributed by atoms with Crippen molar-refractivity contribution in [3.8, 4) is 0 Å². The third-order valence-electron chi connectivity index (χ3n) is 4.67. The summed E-state index contributed by atoms with van der Waals surface area (Å²) in [4.78, 5) is 34.0. The molecule has 0 radical (unpaired) electrons. The van der Waals surface area contributed by atoms with Gasteiger partial charge in [0.15, 0.2) is 17.5 Å². The zero-order valence-corrected chi connectivity index (χ0v) is 22.6. The Hall–Kier alpha value is -3.40. The molecule has 0 aliphatic carbocycles. The van der Waals surface area contributed by atoms with E-state index in [1.54, 1.807) is 27.7 Å². The van der Waals surface area contributed by atoms with Crippen molar-refractivity contribution in [2.24, 2.45) is 16.1 Å². The highest BCUT2D eigenvalue weighted by Gasteiger charge is 2.45. The topological polar surface area (TPSA) is 121 Å². The van der Waals surface area contributed by atoms with E-state index in [2.05, 4.69) is 15.3 Å². The third kappa shape index (κ3) is 8.37. The first kappa shape index (κ1) is 32.6. The van der Waals surface area contributed by atoms with E-state index in [0.717, 1.165) is 12.1 Å². The summed E-state index contributed by atoms with van der Waals surface area (Å²) in [5, 5.41) is 10.5. The number of hydrogen-bond acceptors (Lipinski definition) is 6. The molecule has 0 spiro atoms. The van der Waals surface area contributed by atoms with Gasteiger partial charge in [0, 0.05) is 30.6 Å². The van der Waals surface area contributed by atoms with E-state index in [1.807, 2.05) is 27.7 Å². The molecule has 1 aromatic heterocycles. The van der Waals surface area contributed by atoms with Crippen molar-refractivity contribution in [1.82, 2.24) is 9.88 Å². The molecule has 200 valence electrons. The molecule has 2 heterocycles. The second-order valence-corrected chi connectivity index (χ2v) is 8.09. The number of aromatic nitrogens is 1. The summed E-state index contributed by atoms with van der Waals surface area (Å²) in [6, 6.07) is 5.42. The Balaban J connectivity index is 0.00000137. The first-order chi connectivity index (χ1) is 16.9. The Labute approximate surface area is 212 Å². The van der Waals surface area contributed by atoms with E-state index >= 15 is 0 Å². The largest absolute Gasteiger partial charge is 0.394 e. The predicted octanol–water partition coefficient (Wildman–Crippen LogP) is 4.91. The normalized spacial score (nSPS) is 15.8. The summed E-state index contributed by atoms with van der Waals surface area (Å²) >= 11 is 0. The van der Waals surface area contributed by atoms with Crippen LogP contribution >= 0.6 is 0 Å². The summed E-state index contributed by atoms with van der Waals surface area (Å²) in [5.41, 5.74) is 4.65. The molecule has 8 nitrogen and oxygen atoms in total. The minimum Gasteiger partial charge on any atom is -0.394 e. The van der Waals surface area contributed by atoms with Crippen molar-refractivity contribution in [3.63, 3.8) is 0 Å². The fraction of sp³-hybridized carbons (Fsp3) is 0.462. The molecule has 4 N–H and O–H groups in total. The van der Waals surface area contributed by atoms with Gasteiger partial charge in [-0.1, -0.05) is 27.7 Å². The van der Waals surface area contributed by atoms with Crippen molar-refractivity contribution < 1.29 is 23.5 Å². The third-order valence-corrected chi connectivity index (χ3v) is 4.67. The van der Waals surface area contributed by atoms with Gasteiger partial charge >= 0.3 is 0 Å². The molecule has 1 aliphatic rings. The minimum atomic E-state index is -1.06. The second kappa shape index (κ2) is 14.9. The van der Waals surface area contributed by atoms with Crippen molar-refractivity contribution in [2.45, 2.75) is 67.5 Å². The number of nitrogens with two attached hydrogens (primary N) is 1. The van der Waals surface area contributed by atoms with E-state index in [0.29, 0.717) is 0 Å². The molecule has 0 fully saturated rings. The van der Waals surface area contributed by atoms with Crippen molar-refractivity contribution in [2.75, 3.05) is 12.4 Å². The summed E-state index contributed by atoms with van der Waals surface area (Å²) in [5.74, 6) is -2.50. The fourth-order valence-corrected chi connectivity index (χ4v) is 3.07. The molecule has 10 heteroatoms. The number of aliphatic hydroxyl groups excluding tert-OH is 1. The lowest BCUT2D eigenvalue weighted by Gasteiger charge is -2.38. The highest BCUT2D eigenvalue weighted by Crippen LogP contribution is 2.42. The van der Waals surface area contributed by atoms with Crippen LogP contribution in [-0.2, 0) is 4.79 Å². The van der Waals surface area contributed by atoms with Crippen LogP contribution in [0.3, 0.4) is 0 Å². The van der Waals surface area contributed by atoms with Crippen LogP contribution < -0.4 is 11.1 Å². The Morgan fingerprint density at radius 2 is 1.69 bits per heavy atom. The number of aliphatic hydroxyl groups is 1. The van der Waals surface area contributed by atoms with Gasteiger partial charge in [-0.2, -0.15) is 0 Å². The van der Waals surface area contributed by atoms with Gasteiger partial charge in [-0.3, -0.25) is 14.5 Å². The van der Waals surface area contributed by atoms with Crippen molar-refractivity contribution in [1.29, 1.82) is 0 Å². The van der Waals surface area contributed by atoms with Crippen LogP contribution in [0.1, 0.15) is 77.5 Å². The first-order valence-corrected chi connectivity index (χ1v) is 11.9. The predicted molar refractivity (Wildman–Crippen MR) is 140 cm³/mol. The number of nitrogens with zero attached hydrogens (tertiary/aromatic N) is 3. The Kier molecular flexibility index (Phi) is 13.5. The average molecular weight is 508 g/mol. The highest BCUT2D eigenvalue weighted by atomic mass is 19.1. The molecule has 2 aromatic rings. The lowest BCUT2D eigenvalue weighted by molar-refractivity contribution is -0.137.